The molecule has 0 aromatic heterocycles. The van der Waals surface area contributed by atoms with E-state index in [9.17, 15) is 32.6 Å². The summed E-state index contributed by atoms with van der Waals surface area (Å²) in [7, 11) is -23.3. The average Bonchev–Trinajstić information content (AvgIpc) is 2.49. The van der Waals surface area contributed by atoms with Crippen LogP contribution >= 0.6 is 38.0 Å². The predicted octanol–water partition coefficient (Wildman–Crippen LogP) is -0.914. The van der Waals surface area contributed by atoms with E-state index in [-0.39, 0.29) is 25.9 Å². The monoisotopic (exact) mass is 615 g/mol. The van der Waals surface area contributed by atoms with Gasteiger partial charge in [-0.25, -0.2) is 0 Å². The fourth-order valence-electron chi connectivity index (χ4n) is 3.12. The highest BCUT2D eigenvalue weighted by Gasteiger charge is 2.29. The molecule has 0 aromatic carbocycles. The Labute approximate surface area is 201 Å². The molecule has 0 amide bonds. The van der Waals surface area contributed by atoms with Crippen LogP contribution in [0.5, 0.6) is 0 Å². The molecule has 0 fully saturated rings. The van der Waals surface area contributed by atoms with Crippen LogP contribution in [0.4, 0.5) is 0 Å². The topological polar surface area (TPSA) is 297 Å². The minimum atomic E-state index is -4.75. The van der Waals surface area contributed by atoms with Gasteiger partial charge in [-0.3, -0.25) is 37.5 Å². The predicted molar refractivity (Wildman–Crippen MR) is 123 cm³/mol. The van der Waals surface area contributed by atoms with Crippen LogP contribution in [0.15, 0.2) is 0 Å². The quantitative estimate of drug-likeness (QED) is 0.0477. The molecular weight excluding hydrogens is 581 g/mol. The number of rotatable bonds is 19. The summed E-state index contributed by atoms with van der Waals surface area (Å²) >= 11 is 0. The van der Waals surface area contributed by atoms with Crippen LogP contribution in [0.1, 0.15) is 25.7 Å². The van der Waals surface area contributed by atoms with Crippen molar-refractivity contribution in [3.63, 3.8) is 0 Å². The SMILES string of the molecule is O=P(O)(O)CN(CCCCCCN(CP(=O)(O)O)CP(=O)(O)O)CN(CP(=O)(O)O)CP(=O)(O)O. The fourth-order valence-corrected chi connectivity index (χ4v) is 7.13. The normalized spacial score (nSPS) is 14.4. The van der Waals surface area contributed by atoms with Crippen LogP contribution in [0.25, 0.3) is 0 Å². The summed E-state index contributed by atoms with van der Waals surface area (Å²) in [5.41, 5.74) is 0. The molecule has 212 valence electrons. The van der Waals surface area contributed by atoms with E-state index < -0.39 is 76.1 Å². The van der Waals surface area contributed by atoms with Gasteiger partial charge < -0.3 is 48.9 Å². The lowest BCUT2D eigenvalue weighted by Crippen LogP contribution is -2.40. The van der Waals surface area contributed by atoms with Gasteiger partial charge in [0, 0.05) is 6.54 Å². The minimum absolute atomic E-state index is 0.0292. The first-order valence-corrected chi connectivity index (χ1v) is 18.8. The molecule has 0 rings (SSSR count). The Morgan fingerprint density at radius 2 is 0.629 bits per heavy atom. The summed E-state index contributed by atoms with van der Waals surface area (Å²) in [5, 5.41) is 0. The van der Waals surface area contributed by atoms with Gasteiger partial charge in [-0.2, -0.15) is 0 Å². The van der Waals surface area contributed by atoms with Gasteiger partial charge in [-0.1, -0.05) is 12.8 Å². The van der Waals surface area contributed by atoms with Gasteiger partial charge in [0.25, 0.3) is 0 Å². The van der Waals surface area contributed by atoms with Gasteiger partial charge in [0.15, 0.2) is 0 Å². The number of hydrogen-bond acceptors (Lipinski definition) is 8. The van der Waals surface area contributed by atoms with Gasteiger partial charge in [-0.05, 0) is 19.4 Å². The zero-order chi connectivity index (χ0) is 27.7. The Morgan fingerprint density at radius 3 is 0.943 bits per heavy atom. The Balaban J connectivity index is 4.94. The molecule has 35 heavy (non-hydrogen) atoms. The van der Waals surface area contributed by atoms with Crippen LogP contribution in [0.2, 0.25) is 0 Å². The number of unbranched alkanes of at least 4 members (excludes halogenated alkanes) is 3. The third-order valence-electron chi connectivity index (χ3n) is 4.02. The molecule has 0 spiro atoms. The van der Waals surface area contributed by atoms with Crippen molar-refractivity contribution in [3.05, 3.63) is 0 Å². The molecule has 0 bridgehead atoms. The van der Waals surface area contributed by atoms with Gasteiger partial charge in [0.1, 0.15) is 31.4 Å². The van der Waals surface area contributed by atoms with E-state index in [0.29, 0.717) is 17.7 Å². The molecule has 0 saturated carbocycles. The van der Waals surface area contributed by atoms with Crippen molar-refractivity contribution in [1.82, 2.24) is 14.7 Å². The van der Waals surface area contributed by atoms with Gasteiger partial charge in [-0.15, -0.1) is 0 Å². The maximum Gasteiger partial charge on any atom is 0.339 e. The molecule has 0 aliphatic rings. The van der Waals surface area contributed by atoms with E-state index in [2.05, 4.69) is 0 Å². The van der Waals surface area contributed by atoms with Crippen molar-refractivity contribution in [2.45, 2.75) is 25.7 Å². The summed E-state index contributed by atoms with van der Waals surface area (Å²) in [4.78, 5) is 93.9. The average molecular weight is 615 g/mol. The molecule has 18 nitrogen and oxygen atoms in total. The lowest BCUT2D eigenvalue weighted by atomic mass is 10.2. The Bertz CT molecular complexity index is 827. The van der Waals surface area contributed by atoms with Crippen LogP contribution in [0.3, 0.4) is 0 Å². The van der Waals surface area contributed by atoms with E-state index in [0.717, 1.165) is 9.80 Å². The summed E-state index contributed by atoms with van der Waals surface area (Å²) in [5.74, 6) is 0. The summed E-state index contributed by atoms with van der Waals surface area (Å²) in [6.45, 7) is -0.626. The molecule has 0 heterocycles. The molecule has 0 aliphatic heterocycles. The number of hydrogen-bond donors (Lipinski definition) is 10. The Hall–Kier alpha value is 0.630. The maximum absolute atomic E-state index is 11.4. The highest BCUT2D eigenvalue weighted by Crippen LogP contribution is 2.42. The summed E-state index contributed by atoms with van der Waals surface area (Å²) in [6.07, 6.45) is -3.28. The first kappa shape index (κ1) is 35.6. The van der Waals surface area contributed by atoms with Crippen LogP contribution in [-0.4, -0.2) is 115 Å². The van der Waals surface area contributed by atoms with E-state index in [1.807, 2.05) is 0 Å². The van der Waals surface area contributed by atoms with Gasteiger partial charge >= 0.3 is 38.0 Å². The van der Waals surface area contributed by atoms with E-state index >= 15 is 0 Å². The molecule has 0 aliphatic carbocycles. The van der Waals surface area contributed by atoms with Crippen molar-refractivity contribution in [2.24, 2.45) is 0 Å². The summed E-state index contributed by atoms with van der Waals surface area (Å²) < 4.78 is 56.3. The van der Waals surface area contributed by atoms with E-state index in [1.165, 1.54) is 0 Å². The highest BCUT2D eigenvalue weighted by atomic mass is 31.2. The van der Waals surface area contributed by atoms with Gasteiger partial charge in [0.2, 0.25) is 0 Å². The highest BCUT2D eigenvalue weighted by molar-refractivity contribution is 7.53. The number of nitrogens with zero attached hydrogens (tertiary/aromatic N) is 3. The first-order valence-electron chi connectivity index (χ1n) is 9.84. The van der Waals surface area contributed by atoms with Crippen molar-refractivity contribution in [3.8, 4) is 0 Å². The van der Waals surface area contributed by atoms with Crippen LogP contribution in [-0.2, 0) is 22.8 Å². The lowest BCUT2D eigenvalue weighted by Gasteiger charge is -2.30. The van der Waals surface area contributed by atoms with E-state index in [1.54, 1.807) is 0 Å². The molecule has 23 heteroatoms. The molecule has 0 saturated heterocycles. The standard InChI is InChI=1S/C12H34N3O15P5/c16-31(17,18)8-13(7-15(11-34(25,26)27)12-35(28,29)30)5-3-1-2-4-6-14(9-32(19,20)21)10-33(22,23)24/h1-12H2,(H2,16,17,18)(H2,19,20,21)(H2,22,23,24)(H2,25,26,27)(H2,28,29,30). The Morgan fingerprint density at radius 1 is 0.371 bits per heavy atom. The molecule has 0 radical (unpaired) electrons. The zero-order valence-electron chi connectivity index (χ0n) is 18.6. The van der Waals surface area contributed by atoms with Crippen molar-refractivity contribution in [1.29, 1.82) is 0 Å². The molecule has 0 aromatic rings. The zero-order valence-corrected chi connectivity index (χ0v) is 23.0. The summed E-state index contributed by atoms with van der Waals surface area (Å²) in [6, 6.07) is 0. The van der Waals surface area contributed by atoms with Gasteiger partial charge in [0.05, 0.1) is 6.67 Å². The van der Waals surface area contributed by atoms with Crippen LogP contribution in [0, 0.1) is 0 Å². The first-order chi connectivity index (χ1) is 15.4. The molecule has 0 unspecified atom stereocenters. The molecule has 0 atom stereocenters. The molecular formula is C12H34N3O15P5. The lowest BCUT2D eigenvalue weighted by molar-refractivity contribution is 0.157. The third kappa shape index (κ3) is 24.7. The van der Waals surface area contributed by atoms with E-state index in [4.69, 9.17) is 39.1 Å². The fraction of sp³-hybridized carbons (Fsp3) is 1.00. The molecule has 10 N–H and O–H groups in total. The Kier molecular flexibility index (Phi) is 15.0. The smallest absolute Gasteiger partial charge is 0.324 e. The van der Waals surface area contributed by atoms with Crippen LogP contribution < -0.4 is 0 Å². The third-order valence-corrected chi connectivity index (χ3v) is 7.86. The largest absolute Gasteiger partial charge is 0.339 e. The second-order valence-electron chi connectivity index (χ2n) is 8.05. The van der Waals surface area contributed by atoms with Crippen molar-refractivity contribution >= 4 is 38.0 Å². The second-order valence-corrected chi connectivity index (χ2v) is 16.1. The maximum atomic E-state index is 11.4. The minimum Gasteiger partial charge on any atom is -0.324 e. The second kappa shape index (κ2) is 14.7. The van der Waals surface area contributed by atoms with Crippen molar-refractivity contribution in [2.75, 3.05) is 51.2 Å². The van der Waals surface area contributed by atoms with Crippen molar-refractivity contribution < 1.29 is 71.8 Å².